The van der Waals surface area contributed by atoms with Gasteiger partial charge in [0.05, 0.1) is 12.7 Å². The molecule has 2 N–H and O–H groups in total. The molecule has 0 fully saturated rings. The number of aryl methyl sites for hydroxylation is 1. The number of benzene rings is 1. The highest BCUT2D eigenvalue weighted by Crippen LogP contribution is 2.27. The molecule has 0 atom stereocenters. The van der Waals surface area contributed by atoms with Crippen LogP contribution in [0.1, 0.15) is 25.8 Å². The van der Waals surface area contributed by atoms with Gasteiger partial charge in [-0.1, -0.05) is 30.3 Å². The van der Waals surface area contributed by atoms with Gasteiger partial charge in [0.1, 0.15) is 6.33 Å². The van der Waals surface area contributed by atoms with Gasteiger partial charge in [0.15, 0.2) is 5.69 Å². The summed E-state index contributed by atoms with van der Waals surface area (Å²) in [6.07, 6.45) is 3.27. The Kier molecular flexibility index (Phi) is 5.37. The SMILES string of the molecule is CC(C)Oc1ncnc(OCCCc2ccccc2)c1N. The van der Waals surface area contributed by atoms with E-state index in [9.17, 15) is 0 Å². The third kappa shape index (κ3) is 4.63. The molecule has 0 saturated carbocycles. The highest BCUT2D eigenvalue weighted by atomic mass is 16.5. The fourth-order valence-corrected chi connectivity index (χ4v) is 1.89. The van der Waals surface area contributed by atoms with Gasteiger partial charge >= 0.3 is 0 Å². The Morgan fingerprint density at radius 1 is 1.10 bits per heavy atom. The lowest BCUT2D eigenvalue weighted by Crippen LogP contribution is -2.11. The number of nitrogen functional groups attached to an aromatic ring is 1. The molecule has 0 bridgehead atoms. The van der Waals surface area contributed by atoms with Crippen LogP contribution in [0.5, 0.6) is 11.8 Å². The van der Waals surface area contributed by atoms with E-state index in [-0.39, 0.29) is 6.10 Å². The molecular weight excluding hydrogens is 266 g/mol. The van der Waals surface area contributed by atoms with Gasteiger partial charge < -0.3 is 15.2 Å². The van der Waals surface area contributed by atoms with Crippen LogP contribution in [-0.2, 0) is 6.42 Å². The molecule has 21 heavy (non-hydrogen) atoms. The Balaban J connectivity index is 1.85. The lowest BCUT2D eigenvalue weighted by molar-refractivity contribution is 0.230. The van der Waals surface area contributed by atoms with Crippen molar-refractivity contribution < 1.29 is 9.47 Å². The Labute approximate surface area is 125 Å². The van der Waals surface area contributed by atoms with Crippen LogP contribution in [0.15, 0.2) is 36.7 Å². The topological polar surface area (TPSA) is 70.3 Å². The first-order valence-electron chi connectivity index (χ1n) is 7.10. The molecule has 0 aliphatic heterocycles. The van der Waals surface area contributed by atoms with Crippen LogP contribution in [0.25, 0.3) is 0 Å². The second-order valence-electron chi connectivity index (χ2n) is 5.00. The number of anilines is 1. The number of nitrogens with two attached hydrogens (primary N) is 1. The number of hydrogen-bond donors (Lipinski definition) is 1. The molecule has 0 aliphatic rings. The molecule has 5 heteroatoms. The molecule has 1 aromatic heterocycles. The summed E-state index contributed by atoms with van der Waals surface area (Å²) >= 11 is 0. The Morgan fingerprint density at radius 2 is 1.81 bits per heavy atom. The van der Waals surface area contributed by atoms with E-state index >= 15 is 0 Å². The minimum atomic E-state index is 0.00753. The fraction of sp³-hybridized carbons (Fsp3) is 0.375. The van der Waals surface area contributed by atoms with Gasteiger partial charge in [0.2, 0.25) is 11.8 Å². The monoisotopic (exact) mass is 287 g/mol. The summed E-state index contributed by atoms with van der Waals surface area (Å²) in [5.74, 6) is 0.756. The fourth-order valence-electron chi connectivity index (χ4n) is 1.89. The lowest BCUT2D eigenvalue weighted by atomic mass is 10.1. The van der Waals surface area contributed by atoms with Crippen molar-refractivity contribution >= 4 is 5.69 Å². The van der Waals surface area contributed by atoms with Gasteiger partial charge in [-0.2, -0.15) is 9.97 Å². The van der Waals surface area contributed by atoms with Crippen LogP contribution in [0.2, 0.25) is 0 Å². The Morgan fingerprint density at radius 3 is 2.52 bits per heavy atom. The Bertz CT molecular complexity index is 559. The van der Waals surface area contributed by atoms with E-state index < -0.39 is 0 Å². The smallest absolute Gasteiger partial charge is 0.244 e. The summed E-state index contributed by atoms with van der Waals surface area (Å²) in [5.41, 5.74) is 7.59. The molecule has 2 aromatic rings. The first kappa shape index (κ1) is 15.1. The van der Waals surface area contributed by atoms with Gasteiger partial charge in [-0.3, -0.25) is 0 Å². The van der Waals surface area contributed by atoms with Crippen molar-refractivity contribution in [2.75, 3.05) is 12.3 Å². The number of aromatic nitrogens is 2. The largest absolute Gasteiger partial charge is 0.476 e. The van der Waals surface area contributed by atoms with Crippen molar-refractivity contribution in [2.24, 2.45) is 0 Å². The molecular formula is C16H21N3O2. The summed E-state index contributed by atoms with van der Waals surface area (Å²) in [6, 6.07) is 10.3. The van der Waals surface area contributed by atoms with Crippen molar-refractivity contribution in [3.63, 3.8) is 0 Å². The van der Waals surface area contributed by atoms with Gasteiger partial charge in [0.25, 0.3) is 0 Å². The Hall–Kier alpha value is -2.30. The van der Waals surface area contributed by atoms with Gasteiger partial charge in [0, 0.05) is 0 Å². The summed E-state index contributed by atoms with van der Waals surface area (Å²) in [7, 11) is 0. The number of nitrogens with zero attached hydrogens (tertiary/aromatic N) is 2. The average molecular weight is 287 g/mol. The quantitative estimate of drug-likeness (QED) is 0.793. The highest BCUT2D eigenvalue weighted by molar-refractivity contribution is 5.55. The van der Waals surface area contributed by atoms with E-state index in [1.54, 1.807) is 0 Å². The zero-order valence-electron chi connectivity index (χ0n) is 12.5. The van der Waals surface area contributed by atoms with E-state index in [4.69, 9.17) is 15.2 Å². The van der Waals surface area contributed by atoms with Crippen molar-refractivity contribution in [1.82, 2.24) is 9.97 Å². The number of hydrogen-bond acceptors (Lipinski definition) is 5. The summed E-state index contributed by atoms with van der Waals surface area (Å²) in [6.45, 7) is 4.39. The summed E-state index contributed by atoms with van der Waals surface area (Å²) in [4.78, 5) is 8.07. The second kappa shape index (κ2) is 7.47. The standard InChI is InChI=1S/C16H21N3O2/c1-12(2)21-16-14(17)15(18-11-19-16)20-10-6-9-13-7-4-3-5-8-13/h3-5,7-8,11-12H,6,9-10,17H2,1-2H3. The molecule has 0 aliphatic carbocycles. The molecule has 5 nitrogen and oxygen atoms in total. The number of ether oxygens (including phenoxy) is 2. The van der Waals surface area contributed by atoms with Gasteiger partial charge in [-0.15, -0.1) is 0 Å². The highest BCUT2D eigenvalue weighted by Gasteiger charge is 2.11. The van der Waals surface area contributed by atoms with Crippen molar-refractivity contribution in [3.8, 4) is 11.8 Å². The predicted octanol–water partition coefficient (Wildman–Crippen LogP) is 2.86. The van der Waals surface area contributed by atoms with Crippen LogP contribution in [0.3, 0.4) is 0 Å². The molecule has 112 valence electrons. The first-order chi connectivity index (χ1) is 10.2. The van der Waals surface area contributed by atoms with E-state index in [0.717, 1.165) is 12.8 Å². The van der Waals surface area contributed by atoms with E-state index in [1.165, 1.54) is 11.9 Å². The minimum Gasteiger partial charge on any atom is -0.476 e. The van der Waals surface area contributed by atoms with Crippen LogP contribution in [0, 0.1) is 0 Å². The third-order valence-electron chi connectivity index (χ3n) is 2.85. The maximum Gasteiger partial charge on any atom is 0.244 e. The van der Waals surface area contributed by atoms with E-state index in [1.807, 2.05) is 32.0 Å². The van der Waals surface area contributed by atoms with Crippen LogP contribution in [-0.4, -0.2) is 22.7 Å². The molecule has 2 rings (SSSR count). The molecule has 0 spiro atoms. The minimum absolute atomic E-state index is 0.00753. The van der Waals surface area contributed by atoms with Crippen LogP contribution < -0.4 is 15.2 Å². The van der Waals surface area contributed by atoms with Crippen molar-refractivity contribution in [3.05, 3.63) is 42.2 Å². The summed E-state index contributed by atoms with van der Waals surface area (Å²) < 4.78 is 11.1. The zero-order valence-corrected chi connectivity index (χ0v) is 12.5. The van der Waals surface area contributed by atoms with E-state index in [0.29, 0.717) is 24.1 Å². The zero-order chi connectivity index (χ0) is 15.1. The van der Waals surface area contributed by atoms with E-state index in [2.05, 4.69) is 22.1 Å². The lowest BCUT2D eigenvalue weighted by Gasteiger charge is -2.13. The molecule has 0 saturated heterocycles. The maximum atomic E-state index is 5.95. The summed E-state index contributed by atoms with van der Waals surface area (Å²) in [5, 5.41) is 0. The van der Waals surface area contributed by atoms with Gasteiger partial charge in [-0.25, -0.2) is 0 Å². The molecule has 0 amide bonds. The van der Waals surface area contributed by atoms with Crippen molar-refractivity contribution in [2.45, 2.75) is 32.8 Å². The van der Waals surface area contributed by atoms with Crippen LogP contribution >= 0.6 is 0 Å². The molecule has 0 radical (unpaired) electrons. The maximum absolute atomic E-state index is 5.95. The third-order valence-corrected chi connectivity index (χ3v) is 2.85. The number of rotatable bonds is 7. The molecule has 1 aromatic carbocycles. The predicted molar refractivity (Wildman–Crippen MR) is 82.5 cm³/mol. The van der Waals surface area contributed by atoms with Crippen LogP contribution in [0.4, 0.5) is 5.69 Å². The van der Waals surface area contributed by atoms with Gasteiger partial charge in [-0.05, 0) is 32.3 Å². The van der Waals surface area contributed by atoms with Crippen molar-refractivity contribution in [1.29, 1.82) is 0 Å². The average Bonchev–Trinajstić information content (AvgIpc) is 2.48. The first-order valence-corrected chi connectivity index (χ1v) is 7.10. The molecule has 0 unspecified atom stereocenters. The second-order valence-corrected chi connectivity index (χ2v) is 5.00. The molecule has 1 heterocycles. The normalized spacial score (nSPS) is 10.6.